The summed E-state index contributed by atoms with van der Waals surface area (Å²) in [5.41, 5.74) is 0.301. The third-order valence-corrected chi connectivity index (χ3v) is 4.68. The number of nitrogens with one attached hydrogen (secondary N) is 1. The van der Waals surface area contributed by atoms with Crippen LogP contribution in [0.1, 0.15) is 12.6 Å². The highest BCUT2D eigenvalue weighted by Crippen LogP contribution is 2.27. The zero-order chi connectivity index (χ0) is 14.6. The lowest BCUT2D eigenvalue weighted by Gasteiger charge is -2.27. The highest BCUT2D eigenvalue weighted by Gasteiger charge is 2.20. The number of rotatable bonds is 7. The van der Waals surface area contributed by atoms with E-state index in [1.165, 1.54) is 4.88 Å². The molecule has 2 aromatic rings. The topological polar surface area (TPSA) is 48.4 Å². The lowest BCUT2D eigenvalue weighted by molar-refractivity contribution is 0.0335. The minimum Gasteiger partial charge on any atom is -0.388 e. The molecule has 0 spiro atoms. The lowest BCUT2D eigenvalue weighted by Crippen LogP contribution is -2.45. The van der Waals surface area contributed by atoms with Gasteiger partial charge in [-0.05, 0) is 32.5 Å². The van der Waals surface area contributed by atoms with Crippen molar-refractivity contribution in [3.63, 3.8) is 0 Å². The Bertz CT molecular complexity index is 520. The number of nitrogens with zero attached hydrogens (tertiary/aromatic N) is 2. The van der Waals surface area contributed by atoms with Crippen LogP contribution in [0, 0.1) is 0 Å². The number of aromatic nitrogens is 1. The number of thiophene rings is 1. The summed E-state index contributed by atoms with van der Waals surface area (Å²) in [6.45, 7) is 3.72. The highest BCUT2D eigenvalue weighted by atomic mass is 32.1. The minimum atomic E-state index is -0.726. The van der Waals surface area contributed by atoms with Gasteiger partial charge in [0.05, 0.1) is 16.2 Å². The van der Waals surface area contributed by atoms with Gasteiger partial charge in [-0.2, -0.15) is 0 Å². The molecule has 0 aliphatic carbocycles. The van der Waals surface area contributed by atoms with Crippen molar-refractivity contribution in [3.8, 4) is 9.88 Å². The summed E-state index contributed by atoms with van der Waals surface area (Å²) in [6, 6.07) is 4.13. The molecule has 0 aromatic carbocycles. The molecule has 2 rings (SSSR count). The standard InChI is InChI=1S/C14H21N3OS2/c1-14(18,10-17(2)3)9-15-7-11-8-20-13(16-11)12-5-4-6-19-12/h4-6,8,15,18H,7,9-10H2,1-3H3. The van der Waals surface area contributed by atoms with Crippen molar-refractivity contribution in [1.82, 2.24) is 15.2 Å². The maximum atomic E-state index is 10.2. The van der Waals surface area contributed by atoms with Gasteiger partial charge in [0, 0.05) is 25.0 Å². The van der Waals surface area contributed by atoms with E-state index >= 15 is 0 Å². The fourth-order valence-electron chi connectivity index (χ4n) is 2.10. The molecule has 1 unspecified atom stereocenters. The van der Waals surface area contributed by atoms with E-state index in [0.717, 1.165) is 10.7 Å². The first-order chi connectivity index (χ1) is 9.46. The maximum absolute atomic E-state index is 10.2. The van der Waals surface area contributed by atoms with Crippen LogP contribution < -0.4 is 5.32 Å². The van der Waals surface area contributed by atoms with Crippen LogP contribution in [0.25, 0.3) is 9.88 Å². The van der Waals surface area contributed by atoms with Crippen LogP contribution in [0.5, 0.6) is 0 Å². The average molecular weight is 311 g/mol. The Kier molecular flexibility index (Phi) is 5.29. The summed E-state index contributed by atoms with van der Waals surface area (Å²) in [7, 11) is 3.92. The van der Waals surface area contributed by atoms with Crippen LogP contribution >= 0.6 is 22.7 Å². The zero-order valence-corrected chi connectivity index (χ0v) is 13.7. The van der Waals surface area contributed by atoms with Crippen LogP contribution in [0.2, 0.25) is 0 Å². The molecule has 6 heteroatoms. The number of hydrogen-bond acceptors (Lipinski definition) is 6. The Balaban J connectivity index is 1.83. The van der Waals surface area contributed by atoms with Crippen LogP contribution in [0.4, 0.5) is 0 Å². The Morgan fingerprint density at radius 3 is 2.85 bits per heavy atom. The van der Waals surface area contributed by atoms with Gasteiger partial charge in [0.1, 0.15) is 5.01 Å². The van der Waals surface area contributed by atoms with E-state index in [0.29, 0.717) is 19.6 Å². The van der Waals surface area contributed by atoms with Crippen molar-refractivity contribution in [3.05, 3.63) is 28.6 Å². The largest absolute Gasteiger partial charge is 0.388 e. The predicted octanol–water partition coefficient (Wildman–Crippen LogP) is 2.27. The zero-order valence-electron chi connectivity index (χ0n) is 12.1. The monoisotopic (exact) mass is 311 g/mol. The van der Waals surface area contributed by atoms with Crippen LogP contribution in [0.3, 0.4) is 0 Å². The third-order valence-electron chi connectivity index (χ3n) is 2.75. The van der Waals surface area contributed by atoms with E-state index in [4.69, 9.17) is 0 Å². The van der Waals surface area contributed by atoms with Gasteiger partial charge in [-0.15, -0.1) is 22.7 Å². The Morgan fingerprint density at radius 1 is 1.40 bits per heavy atom. The number of likely N-dealkylation sites (N-methyl/N-ethyl adjacent to an activating group) is 1. The molecule has 4 nitrogen and oxygen atoms in total. The van der Waals surface area contributed by atoms with Gasteiger partial charge in [0.25, 0.3) is 0 Å². The molecular weight excluding hydrogens is 290 g/mol. The number of hydrogen-bond donors (Lipinski definition) is 2. The van der Waals surface area contributed by atoms with Crippen molar-refractivity contribution in [2.24, 2.45) is 0 Å². The second kappa shape index (κ2) is 6.78. The summed E-state index contributed by atoms with van der Waals surface area (Å²) in [4.78, 5) is 7.80. The van der Waals surface area contributed by atoms with E-state index in [1.807, 2.05) is 32.0 Å². The first kappa shape index (κ1) is 15.6. The first-order valence-electron chi connectivity index (χ1n) is 6.52. The van der Waals surface area contributed by atoms with Crippen molar-refractivity contribution < 1.29 is 5.11 Å². The summed E-state index contributed by atoms with van der Waals surface area (Å²) >= 11 is 3.37. The molecule has 2 N–H and O–H groups in total. The second-order valence-corrected chi connectivity index (χ2v) is 7.27. The SMILES string of the molecule is CN(C)CC(C)(O)CNCc1csc(-c2cccs2)n1. The molecule has 0 saturated carbocycles. The fraction of sp³-hybridized carbons (Fsp3) is 0.500. The molecule has 2 heterocycles. The van der Waals surface area contributed by atoms with Crippen LogP contribution in [-0.4, -0.2) is 47.8 Å². The van der Waals surface area contributed by atoms with Crippen molar-refractivity contribution >= 4 is 22.7 Å². The molecule has 0 aliphatic rings. The van der Waals surface area contributed by atoms with Gasteiger partial charge < -0.3 is 15.3 Å². The van der Waals surface area contributed by atoms with Crippen LogP contribution in [-0.2, 0) is 6.54 Å². The van der Waals surface area contributed by atoms with Crippen molar-refractivity contribution in [1.29, 1.82) is 0 Å². The molecule has 110 valence electrons. The Morgan fingerprint density at radius 2 is 2.20 bits per heavy atom. The minimum absolute atomic E-state index is 0.553. The molecule has 20 heavy (non-hydrogen) atoms. The summed E-state index contributed by atoms with van der Waals surface area (Å²) in [5, 5.41) is 18.7. The summed E-state index contributed by atoms with van der Waals surface area (Å²) < 4.78 is 0. The van der Waals surface area contributed by atoms with E-state index in [-0.39, 0.29) is 0 Å². The quantitative estimate of drug-likeness (QED) is 0.823. The second-order valence-electron chi connectivity index (χ2n) is 5.46. The lowest BCUT2D eigenvalue weighted by atomic mass is 10.1. The van der Waals surface area contributed by atoms with Gasteiger partial charge >= 0.3 is 0 Å². The Hall–Kier alpha value is -0.790. The third kappa shape index (κ3) is 4.64. The first-order valence-corrected chi connectivity index (χ1v) is 8.28. The van der Waals surface area contributed by atoms with Gasteiger partial charge in [-0.3, -0.25) is 0 Å². The highest BCUT2D eigenvalue weighted by molar-refractivity contribution is 7.20. The van der Waals surface area contributed by atoms with Gasteiger partial charge in [0.15, 0.2) is 0 Å². The molecule has 0 bridgehead atoms. The normalized spacial score (nSPS) is 14.7. The van der Waals surface area contributed by atoms with Crippen LogP contribution in [0.15, 0.2) is 22.9 Å². The van der Waals surface area contributed by atoms with Gasteiger partial charge in [-0.25, -0.2) is 4.98 Å². The molecule has 0 amide bonds. The van der Waals surface area contributed by atoms with E-state index in [9.17, 15) is 5.11 Å². The van der Waals surface area contributed by atoms with E-state index < -0.39 is 5.60 Å². The predicted molar refractivity (Wildman–Crippen MR) is 86.3 cm³/mol. The summed E-state index contributed by atoms with van der Waals surface area (Å²) in [5.74, 6) is 0. The average Bonchev–Trinajstić information content (AvgIpc) is 2.96. The smallest absolute Gasteiger partial charge is 0.133 e. The molecule has 2 aromatic heterocycles. The van der Waals surface area contributed by atoms with Crippen molar-refractivity contribution in [2.75, 3.05) is 27.2 Å². The maximum Gasteiger partial charge on any atom is 0.133 e. The van der Waals surface area contributed by atoms with Crippen molar-refractivity contribution in [2.45, 2.75) is 19.1 Å². The molecular formula is C14H21N3OS2. The molecule has 0 radical (unpaired) electrons. The fourth-order valence-corrected chi connectivity index (χ4v) is 3.73. The molecule has 0 aliphatic heterocycles. The van der Waals surface area contributed by atoms with E-state index in [1.54, 1.807) is 22.7 Å². The van der Waals surface area contributed by atoms with Gasteiger partial charge in [0.2, 0.25) is 0 Å². The summed E-state index contributed by atoms with van der Waals surface area (Å²) in [6.07, 6.45) is 0. The Labute approximate surface area is 128 Å². The molecule has 0 saturated heterocycles. The number of thiazole rings is 1. The molecule has 1 atom stereocenters. The van der Waals surface area contributed by atoms with Gasteiger partial charge in [-0.1, -0.05) is 6.07 Å². The molecule has 0 fully saturated rings. The number of aliphatic hydroxyl groups is 1. The van der Waals surface area contributed by atoms with E-state index in [2.05, 4.69) is 27.1 Å².